The number of hydrogen-bond donors (Lipinski definition) is 0. The van der Waals surface area contributed by atoms with Gasteiger partial charge in [-0.05, 0) is 24.3 Å². The Morgan fingerprint density at radius 3 is 2.65 bits per heavy atom. The zero-order valence-electron chi connectivity index (χ0n) is 10.6. The maximum absolute atomic E-state index is 12.7. The Balaban J connectivity index is 1.67. The largest absolute Gasteiger partial charge is 0.487 e. The van der Waals surface area contributed by atoms with E-state index in [2.05, 4.69) is 10.1 Å². The molecule has 2 aromatic heterocycles. The average Bonchev–Trinajstić information content (AvgIpc) is 2.97. The number of benzene rings is 1. The number of hydrogen-bond acceptors (Lipinski definition) is 3. The van der Waals surface area contributed by atoms with Crippen molar-refractivity contribution in [2.24, 2.45) is 0 Å². The summed E-state index contributed by atoms with van der Waals surface area (Å²) >= 11 is 0. The van der Waals surface area contributed by atoms with E-state index < -0.39 is 5.95 Å². The first-order valence-corrected chi connectivity index (χ1v) is 6.14. The van der Waals surface area contributed by atoms with Crippen molar-refractivity contribution >= 4 is 0 Å². The lowest BCUT2D eigenvalue weighted by Gasteiger charge is -2.03. The molecule has 100 valence electrons. The van der Waals surface area contributed by atoms with Gasteiger partial charge in [0.25, 0.3) is 0 Å². The maximum Gasteiger partial charge on any atom is 0.213 e. The number of rotatable bonds is 4. The van der Waals surface area contributed by atoms with Crippen LogP contribution in [0, 0.1) is 5.95 Å². The van der Waals surface area contributed by atoms with Gasteiger partial charge in [-0.1, -0.05) is 18.2 Å². The first kappa shape index (κ1) is 12.3. The average molecular weight is 269 g/mol. The Bertz CT molecular complexity index is 680. The molecule has 3 rings (SSSR count). The Hall–Kier alpha value is -2.69. The number of pyridine rings is 1. The second-order valence-electron chi connectivity index (χ2n) is 4.23. The number of halogens is 1. The standard InChI is InChI=1S/C15H12FN3O/c16-15-7-6-14(9-17-15)20-11-12-8-18-19(10-12)13-4-2-1-3-5-13/h1-10H,11H2. The van der Waals surface area contributed by atoms with E-state index in [0.717, 1.165) is 11.3 Å². The van der Waals surface area contributed by atoms with Gasteiger partial charge in [0.1, 0.15) is 12.4 Å². The molecule has 0 radical (unpaired) electrons. The van der Waals surface area contributed by atoms with Crippen LogP contribution in [0.2, 0.25) is 0 Å². The van der Waals surface area contributed by atoms with Gasteiger partial charge in [-0.2, -0.15) is 9.49 Å². The van der Waals surface area contributed by atoms with Crippen molar-refractivity contribution in [2.45, 2.75) is 6.61 Å². The lowest BCUT2D eigenvalue weighted by Crippen LogP contribution is -1.96. The lowest BCUT2D eigenvalue weighted by molar-refractivity contribution is 0.304. The quantitative estimate of drug-likeness (QED) is 0.684. The molecule has 0 amide bonds. The molecule has 0 aliphatic carbocycles. The van der Waals surface area contributed by atoms with Gasteiger partial charge in [0.05, 0.1) is 18.1 Å². The summed E-state index contributed by atoms with van der Waals surface area (Å²) in [5, 5.41) is 4.27. The highest BCUT2D eigenvalue weighted by Gasteiger charge is 2.02. The molecule has 0 aliphatic rings. The third-order valence-electron chi connectivity index (χ3n) is 2.76. The third-order valence-corrected chi connectivity index (χ3v) is 2.76. The SMILES string of the molecule is Fc1ccc(OCc2cnn(-c3ccccc3)c2)cn1. The molecule has 0 N–H and O–H groups in total. The van der Waals surface area contributed by atoms with E-state index in [-0.39, 0.29) is 0 Å². The van der Waals surface area contributed by atoms with Crippen molar-refractivity contribution in [3.8, 4) is 11.4 Å². The molecular formula is C15H12FN3O. The van der Waals surface area contributed by atoms with E-state index in [9.17, 15) is 4.39 Å². The van der Waals surface area contributed by atoms with Crippen LogP contribution in [-0.4, -0.2) is 14.8 Å². The highest BCUT2D eigenvalue weighted by atomic mass is 19.1. The van der Waals surface area contributed by atoms with E-state index in [4.69, 9.17) is 4.74 Å². The second-order valence-corrected chi connectivity index (χ2v) is 4.23. The summed E-state index contributed by atoms with van der Waals surface area (Å²) in [5.74, 6) is 0.00751. The van der Waals surface area contributed by atoms with Crippen molar-refractivity contribution in [3.05, 3.63) is 72.6 Å². The minimum Gasteiger partial charge on any atom is -0.487 e. The zero-order chi connectivity index (χ0) is 13.8. The summed E-state index contributed by atoms with van der Waals surface area (Å²) in [6, 6.07) is 12.6. The van der Waals surface area contributed by atoms with Crippen LogP contribution in [0.1, 0.15) is 5.56 Å². The Labute approximate surface area is 115 Å². The van der Waals surface area contributed by atoms with E-state index in [1.807, 2.05) is 36.5 Å². The van der Waals surface area contributed by atoms with Gasteiger partial charge in [0.2, 0.25) is 5.95 Å². The zero-order valence-corrected chi connectivity index (χ0v) is 10.6. The highest BCUT2D eigenvalue weighted by Crippen LogP contribution is 2.12. The monoisotopic (exact) mass is 269 g/mol. The van der Waals surface area contributed by atoms with Gasteiger partial charge >= 0.3 is 0 Å². The normalized spacial score (nSPS) is 10.4. The molecule has 0 bridgehead atoms. The Morgan fingerprint density at radius 1 is 1.05 bits per heavy atom. The topological polar surface area (TPSA) is 39.9 Å². The van der Waals surface area contributed by atoms with Crippen LogP contribution in [-0.2, 0) is 6.61 Å². The molecule has 20 heavy (non-hydrogen) atoms. The van der Waals surface area contributed by atoms with Crippen LogP contribution in [0.15, 0.2) is 61.1 Å². The summed E-state index contributed by atoms with van der Waals surface area (Å²) in [5.41, 5.74) is 1.92. The summed E-state index contributed by atoms with van der Waals surface area (Å²) in [7, 11) is 0. The molecule has 2 heterocycles. The van der Waals surface area contributed by atoms with Gasteiger partial charge in [0, 0.05) is 11.8 Å². The number of nitrogens with zero attached hydrogens (tertiary/aromatic N) is 3. The molecule has 0 atom stereocenters. The highest BCUT2D eigenvalue weighted by molar-refractivity contribution is 5.30. The van der Waals surface area contributed by atoms with Gasteiger partial charge < -0.3 is 4.74 Å². The summed E-state index contributed by atoms with van der Waals surface area (Å²) in [6.45, 7) is 0.361. The number of para-hydroxylation sites is 1. The van der Waals surface area contributed by atoms with Crippen LogP contribution in [0.25, 0.3) is 5.69 Å². The lowest BCUT2D eigenvalue weighted by atomic mass is 10.3. The first-order chi connectivity index (χ1) is 9.81. The molecule has 0 saturated heterocycles. The second kappa shape index (κ2) is 5.52. The van der Waals surface area contributed by atoms with E-state index in [0.29, 0.717) is 12.4 Å². The molecule has 3 aromatic rings. The summed E-state index contributed by atoms with van der Waals surface area (Å²) in [4.78, 5) is 3.53. The third kappa shape index (κ3) is 2.83. The fraction of sp³-hybridized carbons (Fsp3) is 0.0667. The molecule has 0 aliphatic heterocycles. The van der Waals surface area contributed by atoms with Crippen LogP contribution in [0.4, 0.5) is 4.39 Å². The Morgan fingerprint density at radius 2 is 1.90 bits per heavy atom. The van der Waals surface area contributed by atoms with Crippen molar-refractivity contribution in [3.63, 3.8) is 0 Å². The predicted molar refractivity (Wildman–Crippen MR) is 72.1 cm³/mol. The van der Waals surface area contributed by atoms with Crippen molar-refractivity contribution < 1.29 is 9.13 Å². The van der Waals surface area contributed by atoms with Gasteiger partial charge in [-0.15, -0.1) is 0 Å². The molecular weight excluding hydrogens is 257 g/mol. The predicted octanol–water partition coefficient (Wildman–Crippen LogP) is 2.99. The van der Waals surface area contributed by atoms with Crippen LogP contribution >= 0.6 is 0 Å². The smallest absolute Gasteiger partial charge is 0.213 e. The van der Waals surface area contributed by atoms with Crippen molar-refractivity contribution in [1.29, 1.82) is 0 Å². The molecule has 5 heteroatoms. The van der Waals surface area contributed by atoms with E-state index in [1.54, 1.807) is 16.9 Å². The fourth-order valence-corrected chi connectivity index (χ4v) is 1.77. The Kier molecular flexibility index (Phi) is 3.41. The molecule has 0 spiro atoms. The van der Waals surface area contributed by atoms with Crippen molar-refractivity contribution in [2.75, 3.05) is 0 Å². The van der Waals surface area contributed by atoms with Crippen LogP contribution in [0.5, 0.6) is 5.75 Å². The summed E-state index contributed by atoms with van der Waals surface area (Å²) < 4.78 is 20.0. The van der Waals surface area contributed by atoms with Gasteiger partial charge in [0.15, 0.2) is 0 Å². The molecule has 1 aromatic carbocycles. The van der Waals surface area contributed by atoms with E-state index >= 15 is 0 Å². The number of aromatic nitrogens is 3. The van der Waals surface area contributed by atoms with Crippen LogP contribution < -0.4 is 4.74 Å². The molecule has 0 saturated carbocycles. The first-order valence-electron chi connectivity index (χ1n) is 6.14. The van der Waals surface area contributed by atoms with Gasteiger partial charge in [-0.3, -0.25) is 0 Å². The maximum atomic E-state index is 12.7. The van der Waals surface area contributed by atoms with Crippen LogP contribution in [0.3, 0.4) is 0 Å². The molecule has 4 nitrogen and oxygen atoms in total. The van der Waals surface area contributed by atoms with E-state index in [1.165, 1.54) is 12.3 Å². The minimum absolute atomic E-state index is 0.361. The molecule has 0 fully saturated rings. The van der Waals surface area contributed by atoms with Gasteiger partial charge in [-0.25, -0.2) is 9.67 Å². The minimum atomic E-state index is -0.519. The number of ether oxygens (including phenoxy) is 1. The fourth-order valence-electron chi connectivity index (χ4n) is 1.77. The summed E-state index contributed by atoms with van der Waals surface area (Å²) in [6.07, 6.45) is 4.99. The molecule has 0 unspecified atom stereocenters. The van der Waals surface area contributed by atoms with Crippen molar-refractivity contribution in [1.82, 2.24) is 14.8 Å².